The molecule has 3 aromatic rings. The number of pyridine rings is 1. The van der Waals surface area contributed by atoms with Gasteiger partial charge in [-0.2, -0.15) is 5.26 Å². The Balaban J connectivity index is 2.32. The van der Waals surface area contributed by atoms with Crippen LogP contribution in [0.15, 0.2) is 37.1 Å². The molecular formula is C12H7N5. The van der Waals surface area contributed by atoms with Crippen LogP contribution in [-0.4, -0.2) is 19.9 Å². The maximum Gasteiger partial charge on any atom is 0.137 e. The molecule has 5 nitrogen and oxygen atoms in total. The van der Waals surface area contributed by atoms with Crippen molar-refractivity contribution in [2.45, 2.75) is 0 Å². The van der Waals surface area contributed by atoms with Crippen molar-refractivity contribution >= 4 is 11.0 Å². The predicted molar refractivity (Wildman–Crippen MR) is 61.8 cm³/mol. The second-order valence-electron chi connectivity index (χ2n) is 3.50. The predicted octanol–water partition coefficient (Wildman–Crippen LogP) is 1.89. The number of nitrogens with one attached hydrogen (secondary N) is 1. The summed E-state index contributed by atoms with van der Waals surface area (Å²) in [6.07, 6.45) is 6.47. The summed E-state index contributed by atoms with van der Waals surface area (Å²) in [6.45, 7) is 0. The van der Waals surface area contributed by atoms with Gasteiger partial charge in [0.1, 0.15) is 18.0 Å². The molecular weight excluding hydrogens is 214 g/mol. The maximum atomic E-state index is 9.03. The van der Waals surface area contributed by atoms with E-state index in [0.29, 0.717) is 11.3 Å². The molecule has 17 heavy (non-hydrogen) atoms. The minimum Gasteiger partial charge on any atom is -0.345 e. The van der Waals surface area contributed by atoms with Crippen molar-refractivity contribution in [3.05, 3.63) is 42.6 Å². The summed E-state index contributed by atoms with van der Waals surface area (Å²) in [5.74, 6) is 0. The summed E-state index contributed by atoms with van der Waals surface area (Å²) < 4.78 is 0. The van der Waals surface area contributed by atoms with Crippen molar-refractivity contribution in [1.82, 2.24) is 19.9 Å². The summed E-state index contributed by atoms with van der Waals surface area (Å²) in [6, 6.07) is 5.89. The third-order valence-electron chi connectivity index (χ3n) is 2.54. The van der Waals surface area contributed by atoms with Gasteiger partial charge in [-0.25, -0.2) is 15.0 Å². The molecule has 0 saturated heterocycles. The summed E-state index contributed by atoms with van der Waals surface area (Å²) in [5, 5.41) is 9.98. The minimum atomic E-state index is 0.456. The largest absolute Gasteiger partial charge is 0.345 e. The summed E-state index contributed by atoms with van der Waals surface area (Å²) >= 11 is 0. The van der Waals surface area contributed by atoms with Crippen molar-refractivity contribution in [3.8, 4) is 17.3 Å². The van der Waals surface area contributed by atoms with E-state index in [4.69, 9.17) is 5.26 Å². The number of aromatic amines is 1. The van der Waals surface area contributed by atoms with Gasteiger partial charge in [-0.3, -0.25) is 0 Å². The minimum absolute atomic E-state index is 0.456. The highest BCUT2D eigenvalue weighted by molar-refractivity contribution is 5.93. The molecule has 0 saturated carbocycles. The second kappa shape index (κ2) is 3.68. The Morgan fingerprint density at radius 1 is 1.29 bits per heavy atom. The Kier molecular flexibility index (Phi) is 2.06. The smallest absolute Gasteiger partial charge is 0.137 e. The van der Waals surface area contributed by atoms with Crippen molar-refractivity contribution < 1.29 is 0 Å². The average molecular weight is 221 g/mol. The van der Waals surface area contributed by atoms with Gasteiger partial charge >= 0.3 is 0 Å². The highest BCUT2D eigenvalue weighted by Crippen LogP contribution is 2.27. The topological polar surface area (TPSA) is 78.2 Å². The van der Waals surface area contributed by atoms with Crippen molar-refractivity contribution in [2.24, 2.45) is 0 Å². The van der Waals surface area contributed by atoms with Gasteiger partial charge < -0.3 is 4.98 Å². The number of nitrogens with zero attached hydrogens (tertiary/aromatic N) is 4. The number of hydrogen-bond donors (Lipinski definition) is 1. The van der Waals surface area contributed by atoms with Gasteiger partial charge in [-0.05, 0) is 12.1 Å². The van der Waals surface area contributed by atoms with Crippen LogP contribution in [0.2, 0.25) is 0 Å². The van der Waals surface area contributed by atoms with E-state index in [0.717, 1.165) is 16.6 Å². The third kappa shape index (κ3) is 1.43. The van der Waals surface area contributed by atoms with Gasteiger partial charge in [0.2, 0.25) is 0 Å². The number of aromatic nitrogens is 4. The summed E-state index contributed by atoms with van der Waals surface area (Å²) in [7, 11) is 0. The lowest BCUT2D eigenvalue weighted by atomic mass is 10.1. The lowest BCUT2D eigenvalue weighted by molar-refractivity contribution is 1.16. The molecule has 0 radical (unpaired) electrons. The quantitative estimate of drug-likeness (QED) is 0.680. The van der Waals surface area contributed by atoms with E-state index in [1.54, 1.807) is 12.4 Å². The van der Waals surface area contributed by atoms with Crippen LogP contribution in [0.25, 0.3) is 22.3 Å². The van der Waals surface area contributed by atoms with Crippen LogP contribution in [0.5, 0.6) is 0 Å². The highest BCUT2D eigenvalue weighted by atomic mass is 14.9. The third-order valence-corrected chi connectivity index (χ3v) is 2.54. The number of H-pyrrole nitrogens is 1. The molecule has 1 N–H and O–H groups in total. The monoisotopic (exact) mass is 221 g/mol. The molecule has 5 heteroatoms. The summed E-state index contributed by atoms with van der Waals surface area (Å²) in [4.78, 5) is 15.3. The second-order valence-corrected chi connectivity index (χ2v) is 3.50. The number of hydrogen-bond acceptors (Lipinski definition) is 4. The van der Waals surface area contributed by atoms with Crippen LogP contribution in [-0.2, 0) is 0 Å². The molecule has 3 aromatic heterocycles. The first kappa shape index (κ1) is 9.48. The molecule has 0 amide bonds. The van der Waals surface area contributed by atoms with Crippen LogP contribution in [0.3, 0.4) is 0 Å². The Morgan fingerprint density at radius 2 is 2.24 bits per heavy atom. The Bertz CT molecular complexity index is 723. The highest BCUT2D eigenvalue weighted by Gasteiger charge is 2.11. The van der Waals surface area contributed by atoms with Gasteiger partial charge in [-0.15, -0.1) is 0 Å². The first-order valence-electron chi connectivity index (χ1n) is 5.02. The molecule has 0 aliphatic carbocycles. The zero-order valence-corrected chi connectivity index (χ0v) is 8.75. The fourth-order valence-corrected chi connectivity index (χ4v) is 1.78. The zero-order valence-electron chi connectivity index (χ0n) is 8.75. The molecule has 0 aromatic carbocycles. The van der Waals surface area contributed by atoms with Gasteiger partial charge in [0.15, 0.2) is 0 Å². The molecule has 0 spiro atoms. The molecule has 0 unspecified atom stereocenters. The molecule has 0 fully saturated rings. The number of nitriles is 1. The molecule has 0 bridgehead atoms. The van der Waals surface area contributed by atoms with Crippen molar-refractivity contribution in [3.63, 3.8) is 0 Å². The van der Waals surface area contributed by atoms with E-state index < -0.39 is 0 Å². The van der Waals surface area contributed by atoms with E-state index in [-0.39, 0.29) is 0 Å². The molecule has 0 aliphatic heterocycles. The van der Waals surface area contributed by atoms with E-state index >= 15 is 0 Å². The van der Waals surface area contributed by atoms with Crippen molar-refractivity contribution in [1.29, 1.82) is 5.26 Å². The first-order chi connectivity index (χ1) is 8.40. The van der Waals surface area contributed by atoms with Crippen molar-refractivity contribution in [2.75, 3.05) is 0 Å². The normalized spacial score (nSPS) is 10.3. The maximum absolute atomic E-state index is 9.03. The average Bonchev–Trinajstić information content (AvgIpc) is 2.82. The van der Waals surface area contributed by atoms with Gasteiger partial charge in [0.25, 0.3) is 0 Å². The van der Waals surface area contributed by atoms with Gasteiger partial charge in [-0.1, -0.05) is 0 Å². The van der Waals surface area contributed by atoms with Crippen LogP contribution >= 0.6 is 0 Å². The molecule has 3 rings (SSSR count). The standard InChI is InChI=1S/C12H7N5/c13-4-8-5-14-7-17-11(8)10-6-16-12-9(10)2-1-3-15-12/h1-3,5-7H,(H,15,16). The molecule has 80 valence electrons. The molecule has 0 atom stereocenters. The SMILES string of the molecule is N#Cc1cncnc1-c1c[nH]c2ncccc12. The van der Waals surface area contributed by atoms with Crippen LogP contribution in [0, 0.1) is 11.3 Å². The molecule has 0 aliphatic rings. The van der Waals surface area contributed by atoms with E-state index in [2.05, 4.69) is 26.0 Å². The lowest BCUT2D eigenvalue weighted by Crippen LogP contribution is -1.89. The Morgan fingerprint density at radius 3 is 3.12 bits per heavy atom. The zero-order chi connectivity index (χ0) is 11.7. The lowest BCUT2D eigenvalue weighted by Gasteiger charge is -1.99. The Labute approximate surface area is 96.8 Å². The van der Waals surface area contributed by atoms with Crippen LogP contribution in [0.1, 0.15) is 5.56 Å². The molecule has 3 heterocycles. The van der Waals surface area contributed by atoms with E-state index in [1.165, 1.54) is 12.5 Å². The first-order valence-corrected chi connectivity index (χ1v) is 5.02. The van der Waals surface area contributed by atoms with Gasteiger partial charge in [0, 0.05) is 29.5 Å². The van der Waals surface area contributed by atoms with E-state index in [1.807, 2.05) is 12.1 Å². The van der Waals surface area contributed by atoms with Crippen LogP contribution in [0.4, 0.5) is 0 Å². The van der Waals surface area contributed by atoms with Gasteiger partial charge in [0.05, 0.1) is 11.3 Å². The number of fused-ring (bicyclic) bond motifs is 1. The fourth-order valence-electron chi connectivity index (χ4n) is 1.78. The Hall–Kier alpha value is -2.74. The van der Waals surface area contributed by atoms with E-state index in [9.17, 15) is 0 Å². The fraction of sp³-hybridized carbons (Fsp3) is 0. The summed E-state index contributed by atoms with van der Waals surface area (Å²) in [5.41, 5.74) is 2.73. The van der Waals surface area contributed by atoms with Crippen LogP contribution < -0.4 is 0 Å². The number of rotatable bonds is 1.